The smallest absolute Gasteiger partial charge is 0.339 e. The zero-order valence-corrected chi connectivity index (χ0v) is 18.5. The molecule has 0 N–H and O–H groups in total. The SMILES string of the molecule is C=C(C)[C@H](/C=C/CCCCCC)c1cccc(OS(=O)(=O)c2ccc(C)cc2)c1. The third kappa shape index (κ3) is 7.21. The summed E-state index contributed by atoms with van der Waals surface area (Å²) in [7, 11) is -3.86. The lowest BCUT2D eigenvalue weighted by molar-refractivity contribution is 0.485. The molecule has 0 bridgehead atoms. The van der Waals surface area contributed by atoms with Crippen molar-refractivity contribution in [3.05, 3.63) is 84.0 Å². The molecule has 3 nitrogen and oxygen atoms in total. The average molecular weight is 413 g/mol. The fourth-order valence-corrected chi connectivity index (χ4v) is 4.04. The highest BCUT2D eigenvalue weighted by molar-refractivity contribution is 7.87. The topological polar surface area (TPSA) is 43.4 Å². The molecule has 0 saturated carbocycles. The summed E-state index contributed by atoms with van der Waals surface area (Å²) in [5, 5.41) is 0. The molecule has 0 amide bonds. The van der Waals surface area contributed by atoms with E-state index < -0.39 is 10.1 Å². The minimum atomic E-state index is -3.86. The lowest BCUT2D eigenvalue weighted by atomic mass is 9.92. The van der Waals surface area contributed by atoms with Crippen LogP contribution in [0.4, 0.5) is 0 Å². The monoisotopic (exact) mass is 412 g/mol. The van der Waals surface area contributed by atoms with Crippen LogP contribution in [0.2, 0.25) is 0 Å². The van der Waals surface area contributed by atoms with Gasteiger partial charge in [0.2, 0.25) is 0 Å². The molecule has 0 aromatic heterocycles. The molecule has 0 heterocycles. The van der Waals surface area contributed by atoms with Crippen molar-refractivity contribution >= 4 is 10.1 Å². The third-order valence-electron chi connectivity index (χ3n) is 4.82. The van der Waals surface area contributed by atoms with E-state index in [4.69, 9.17) is 4.18 Å². The van der Waals surface area contributed by atoms with Crippen LogP contribution in [-0.4, -0.2) is 8.42 Å². The van der Waals surface area contributed by atoms with Gasteiger partial charge in [0.15, 0.2) is 0 Å². The van der Waals surface area contributed by atoms with Crippen LogP contribution >= 0.6 is 0 Å². The number of benzene rings is 2. The average Bonchev–Trinajstić information content (AvgIpc) is 2.67. The first-order chi connectivity index (χ1) is 13.8. The maximum absolute atomic E-state index is 12.6. The Labute approximate surface area is 176 Å². The Kier molecular flexibility index (Phi) is 8.71. The zero-order valence-electron chi connectivity index (χ0n) is 17.7. The molecule has 1 atom stereocenters. The van der Waals surface area contributed by atoms with Crippen LogP contribution in [-0.2, 0) is 10.1 Å². The van der Waals surface area contributed by atoms with Crippen molar-refractivity contribution in [2.45, 2.75) is 63.7 Å². The van der Waals surface area contributed by atoms with Gasteiger partial charge in [-0.05, 0) is 56.5 Å². The first kappa shape index (κ1) is 23.0. The van der Waals surface area contributed by atoms with E-state index in [0.29, 0.717) is 5.75 Å². The van der Waals surface area contributed by atoms with E-state index in [0.717, 1.165) is 23.1 Å². The van der Waals surface area contributed by atoms with Crippen molar-refractivity contribution in [2.24, 2.45) is 0 Å². The normalized spacial score (nSPS) is 12.8. The van der Waals surface area contributed by atoms with Gasteiger partial charge in [0.05, 0.1) is 0 Å². The number of unbranched alkanes of at least 4 members (excludes halogenated alkanes) is 4. The van der Waals surface area contributed by atoms with Crippen LogP contribution in [0.1, 0.15) is 63.0 Å². The lowest BCUT2D eigenvalue weighted by Crippen LogP contribution is -2.10. The highest BCUT2D eigenvalue weighted by atomic mass is 32.2. The van der Waals surface area contributed by atoms with Crippen molar-refractivity contribution in [2.75, 3.05) is 0 Å². The summed E-state index contributed by atoms with van der Waals surface area (Å²) in [6.45, 7) is 10.2. The second kappa shape index (κ2) is 11.0. The summed E-state index contributed by atoms with van der Waals surface area (Å²) in [6, 6.07) is 13.9. The standard InChI is InChI=1S/C25H32O3S/c1-5-6-7-8-9-10-14-25(20(2)3)22-12-11-13-23(19-22)28-29(26,27)24-17-15-21(4)16-18-24/h10-19,25H,2,5-9H2,1,3-4H3/b14-10+/t25-/m0/s1. The van der Waals surface area contributed by atoms with Crippen molar-refractivity contribution < 1.29 is 12.6 Å². The van der Waals surface area contributed by atoms with Gasteiger partial charge < -0.3 is 4.18 Å². The predicted octanol–water partition coefficient (Wildman–Crippen LogP) is 6.95. The molecular weight excluding hydrogens is 380 g/mol. The van der Waals surface area contributed by atoms with E-state index in [1.807, 2.05) is 26.0 Å². The maximum Gasteiger partial charge on any atom is 0.339 e. The van der Waals surface area contributed by atoms with Gasteiger partial charge in [-0.3, -0.25) is 0 Å². The fraction of sp³-hybridized carbons (Fsp3) is 0.360. The van der Waals surface area contributed by atoms with Gasteiger partial charge in [-0.1, -0.05) is 80.3 Å². The lowest BCUT2D eigenvalue weighted by Gasteiger charge is -2.15. The van der Waals surface area contributed by atoms with Gasteiger partial charge in [-0.15, -0.1) is 0 Å². The van der Waals surface area contributed by atoms with Crippen LogP contribution in [0.15, 0.2) is 77.7 Å². The van der Waals surface area contributed by atoms with Crippen molar-refractivity contribution in [1.29, 1.82) is 0 Å². The predicted molar refractivity (Wildman–Crippen MR) is 121 cm³/mol. The van der Waals surface area contributed by atoms with Crippen molar-refractivity contribution in [1.82, 2.24) is 0 Å². The Morgan fingerprint density at radius 1 is 1.10 bits per heavy atom. The van der Waals surface area contributed by atoms with Gasteiger partial charge >= 0.3 is 10.1 Å². The van der Waals surface area contributed by atoms with Gasteiger partial charge in [-0.25, -0.2) is 0 Å². The summed E-state index contributed by atoms with van der Waals surface area (Å²) in [6.07, 6.45) is 10.3. The Morgan fingerprint density at radius 3 is 2.48 bits per heavy atom. The van der Waals surface area contributed by atoms with Crippen LogP contribution in [0.25, 0.3) is 0 Å². The van der Waals surface area contributed by atoms with Gasteiger partial charge in [-0.2, -0.15) is 8.42 Å². The molecule has 0 aliphatic rings. The van der Waals surface area contributed by atoms with Gasteiger partial charge in [0.25, 0.3) is 0 Å². The molecular formula is C25H32O3S. The maximum atomic E-state index is 12.6. The molecule has 2 aromatic rings. The highest BCUT2D eigenvalue weighted by Crippen LogP contribution is 2.29. The summed E-state index contributed by atoms with van der Waals surface area (Å²) < 4.78 is 30.5. The molecule has 156 valence electrons. The van der Waals surface area contributed by atoms with E-state index in [9.17, 15) is 8.42 Å². The quantitative estimate of drug-likeness (QED) is 0.228. The number of hydrogen-bond acceptors (Lipinski definition) is 3. The number of hydrogen-bond donors (Lipinski definition) is 0. The van der Waals surface area contributed by atoms with Crippen LogP contribution < -0.4 is 4.18 Å². The molecule has 0 unspecified atom stereocenters. The van der Waals surface area contributed by atoms with Crippen LogP contribution in [0.3, 0.4) is 0 Å². The van der Waals surface area contributed by atoms with E-state index in [-0.39, 0.29) is 10.8 Å². The number of allylic oxidation sites excluding steroid dienone is 3. The van der Waals surface area contributed by atoms with Crippen LogP contribution in [0, 0.1) is 6.92 Å². The van der Waals surface area contributed by atoms with Crippen molar-refractivity contribution in [3.63, 3.8) is 0 Å². The molecule has 0 radical (unpaired) electrons. The number of rotatable bonds is 11. The summed E-state index contributed by atoms with van der Waals surface area (Å²) in [4.78, 5) is 0.150. The third-order valence-corrected chi connectivity index (χ3v) is 6.08. The highest BCUT2D eigenvalue weighted by Gasteiger charge is 2.17. The molecule has 0 aliphatic heterocycles. The van der Waals surface area contributed by atoms with Gasteiger partial charge in [0, 0.05) is 5.92 Å². The molecule has 2 rings (SSSR count). The molecule has 0 saturated heterocycles. The molecule has 2 aromatic carbocycles. The Morgan fingerprint density at radius 2 is 1.83 bits per heavy atom. The second-order valence-corrected chi connectivity index (χ2v) is 9.07. The second-order valence-electron chi connectivity index (χ2n) is 7.52. The Bertz CT molecular complexity index is 925. The molecule has 29 heavy (non-hydrogen) atoms. The van der Waals surface area contributed by atoms with Crippen molar-refractivity contribution in [3.8, 4) is 5.75 Å². The zero-order chi connectivity index (χ0) is 21.3. The Hall–Kier alpha value is -2.33. The summed E-state index contributed by atoms with van der Waals surface area (Å²) in [5.74, 6) is 0.345. The largest absolute Gasteiger partial charge is 0.379 e. The molecule has 0 fully saturated rings. The first-order valence-electron chi connectivity index (χ1n) is 10.3. The Balaban J connectivity index is 2.14. The first-order valence-corrected chi connectivity index (χ1v) is 11.7. The minimum Gasteiger partial charge on any atom is -0.379 e. The van der Waals surface area contributed by atoms with E-state index in [2.05, 4.69) is 25.7 Å². The summed E-state index contributed by atoms with van der Waals surface area (Å²) in [5.41, 5.74) is 2.98. The summed E-state index contributed by atoms with van der Waals surface area (Å²) >= 11 is 0. The molecule has 0 aliphatic carbocycles. The van der Waals surface area contributed by atoms with E-state index in [1.54, 1.807) is 36.4 Å². The van der Waals surface area contributed by atoms with E-state index >= 15 is 0 Å². The molecule has 0 spiro atoms. The molecule has 4 heteroatoms. The van der Waals surface area contributed by atoms with Gasteiger partial charge in [0.1, 0.15) is 10.6 Å². The minimum absolute atomic E-state index is 0.0341. The van der Waals surface area contributed by atoms with Crippen LogP contribution in [0.5, 0.6) is 5.75 Å². The number of aryl methyl sites for hydroxylation is 1. The fourth-order valence-electron chi connectivity index (χ4n) is 3.12. The van der Waals surface area contributed by atoms with E-state index in [1.165, 1.54) is 25.7 Å².